The zero-order chi connectivity index (χ0) is 14.8. The van der Waals surface area contributed by atoms with Gasteiger partial charge in [0.2, 0.25) is 0 Å². The lowest BCUT2D eigenvalue weighted by Gasteiger charge is -2.34. The maximum Gasteiger partial charge on any atom is 0.254 e. The molecule has 0 aromatic heterocycles. The average Bonchev–Trinajstić information content (AvgIpc) is 2.45. The normalized spacial score (nSPS) is 19.9. The van der Waals surface area contributed by atoms with E-state index in [2.05, 4.69) is 0 Å². The topological polar surface area (TPSA) is 89.7 Å². The van der Waals surface area contributed by atoms with Gasteiger partial charge in [-0.1, -0.05) is 0 Å². The highest BCUT2D eigenvalue weighted by Gasteiger charge is 2.27. The molecule has 1 heterocycles. The summed E-state index contributed by atoms with van der Waals surface area (Å²) in [4.78, 5) is 14.3. The summed E-state index contributed by atoms with van der Waals surface area (Å²) in [5.74, 6) is -0.149. The third-order valence-corrected chi connectivity index (χ3v) is 4.42. The fourth-order valence-corrected chi connectivity index (χ4v) is 2.76. The molecule has 0 bridgehead atoms. The van der Waals surface area contributed by atoms with E-state index >= 15 is 0 Å². The molecule has 1 saturated heterocycles. The van der Waals surface area contributed by atoms with Crippen molar-refractivity contribution in [2.24, 2.45) is 5.73 Å². The Morgan fingerprint density at radius 3 is 2.60 bits per heavy atom. The van der Waals surface area contributed by atoms with Crippen molar-refractivity contribution in [2.45, 2.75) is 10.9 Å². The molecule has 7 heteroatoms. The Morgan fingerprint density at radius 2 is 2.05 bits per heavy atom. The number of amides is 1. The molecular weight excluding hydrogens is 280 g/mol. The minimum atomic E-state index is -3.25. The summed E-state index contributed by atoms with van der Waals surface area (Å²) in [6.07, 6.45) is 1.14. The van der Waals surface area contributed by atoms with Gasteiger partial charge in [-0.25, -0.2) is 8.42 Å². The number of sulfone groups is 1. The fourth-order valence-electron chi connectivity index (χ4n) is 2.13. The van der Waals surface area contributed by atoms with Gasteiger partial charge >= 0.3 is 0 Å². The first-order valence-electron chi connectivity index (χ1n) is 6.32. The largest absolute Gasteiger partial charge is 0.377 e. The summed E-state index contributed by atoms with van der Waals surface area (Å²) in [6, 6.07) is 5.82. The summed E-state index contributed by atoms with van der Waals surface area (Å²) in [7, 11) is -3.25. The van der Waals surface area contributed by atoms with Crippen LogP contribution in [-0.4, -0.2) is 57.8 Å². The third kappa shape index (κ3) is 3.17. The minimum Gasteiger partial charge on any atom is -0.377 e. The van der Waals surface area contributed by atoms with Gasteiger partial charge in [-0.15, -0.1) is 0 Å². The second kappa shape index (κ2) is 5.90. The number of ether oxygens (including phenoxy) is 1. The Kier molecular flexibility index (Phi) is 4.42. The quantitative estimate of drug-likeness (QED) is 0.841. The number of nitrogens with zero attached hydrogens (tertiary/aromatic N) is 1. The van der Waals surface area contributed by atoms with Crippen molar-refractivity contribution in [3.8, 4) is 0 Å². The molecule has 6 nitrogen and oxygen atoms in total. The molecular formula is C13H18N2O4S. The SMILES string of the molecule is CS(=O)(=O)c1ccc(C(=O)N2CCOCC2CN)cc1. The van der Waals surface area contributed by atoms with Crippen molar-refractivity contribution < 1.29 is 17.9 Å². The van der Waals surface area contributed by atoms with E-state index in [1.807, 2.05) is 0 Å². The van der Waals surface area contributed by atoms with E-state index in [4.69, 9.17) is 10.5 Å². The molecule has 1 aliphatic heterocycles. The zero-order valence-corrected chi connectivity index (χ0v) is 12.1. The second-order valence-corrected chi connectivity index (χ2v) is 6.78. The van der Waals surface area contributed by atoms with Gasteiger partial charge in [-0.3, -0.25) is 4.79 Å². The number of nitrogens with two attached hydrogens (primary N) is 1. The van der Waals surface area contributed by atoms with Gasteiger partial charge < -0.3 is 15.4 Å². The van der Waals surface area contributed by atoms with Crippen molar-refractivity contribution >= 4 is 15.7 Å². The highest BCUT2D eigenvalue weighted by molar-refractivity contribution is 7.90. The molecule has 1 aliphatic rings. The summed E-state index contributed by atoms with van der Waals surface area (Å²) in [5, 5.41) is 0. The number of hydrogen-bond donors (Lipinski definition) is 1. The highest BCUT2D eigenvalue weighted by atomic mass is 32.2. The number of carbonyl (C=O) groups is 1. The third-order valence-electron chi connectivity index (χ3n) is 3.29. The van der Waals surface area contributed by atoms with E-state index in [9.17, 15) is 13.2 Å². The second-order valence-electron chi connectivity index (χ2n) is 4.76. The van der Waals surface area contributed by atoms with E-state index in [0.29, 0.717) is 31.9 Å². The van der Waals surface area contributed by atoms with Crippen LogP contribution in [0.4, 0.5) is 0 Å². The predicted octanol–water partition coefficient (Wildman–Crippen LogP) is -0.110. The molecule has 1 aromatic rings. The van der Waals surface area contributed by atoms with Crippen LogP contribution in [0.15, 0.2) is 29.2 Å². The van der Waals surface area contributed by atoms with Crippen LogP contribution < -0.4 is 5.73 Å². The summed E-state index contributed by atoms with van der Waals surface area (Å²) >= 11 is 0. The Morgan fingerprint density at radius 1 is 1.40 bits per heavy atom. The highest BCUT2D eigenvalue weighted by Crippen LogP contribution is 2.15. The van der Waals surface area contributed by atoms with E-state index in [0.717, 1.165) is 6.26 Å². The van der Waals surface area contributed by atoms with Crippen LogP contribution in [0.5, 0.6) is 0 Å². The van der Waals surface area contributed by atoms with Crippen LogP contribution in [0.25, 0.3) is 0 Å². The molecule has 20 heavy (non-hydrogen) atoms. The first kappa shape index (κ1) is 15.0. The van der Waals surface area contributed by atoms with Gasteiger partial charge in [0.15, 0.2) is 9.84 Å². The van der Waals surface area contributed by atoms with Gasteiger partial charge in [0, 0.05) is 24.9 Å². The fraction of sp³-hybridized carbons (Fsp3) is 0.462. The van der Waals surface area contributed by atoms with Crippen LogP contribution in [0.1, 0.15) is 10.4 Å². The van der Waals surface area contributed by atoms with Crippen LogP contribution in [0, 0.1) is 0 Å². The molecule has 110 valence electrons. The molecule has 2 N–H and O–H groups in total. The molecule has 1 amide bonds. The Balaban J connectivity index is 2.20. The monoisotopic (exact) mass is 298 g/mol. The molecule has 0 aliphatic carbocycles. The van der Waals surface area contributed by atoms with Crippen molar-refractivity contribution in [3.63, 3.8) is 0 Å². The van der Waals surface area contributed by atoms with Crippen molar-refractivity contribution in [1.29, 1.82) is 0 Å². The molecule has 1 unspecified atom stereocenters. The van der Waals surface area contributed by atoms with E-state index in [-0.39, 0.29) is 16.8 Å². The average molecular weight is 298 g/mol. The maximum absolute atomic E-state index is 12.4. The smallest absolute Gasteiger partial charge is 0.254 e. The Bertz CT molecular complexity index is 583. The van der Waals surface area contributed by atoms with Crippen molar-refractivity contribution in [2.75, 3.05) is 32.6 Å². The first-order chi connectivity index (χ1) is 9.43. The van der Waals surface area contributed by atoms with Crippen LogP contribution >= 0.6 is 0 Å². The van der Waals surface area contributed by atoms with E-state index in [1.165, 1.54) is 24.3 Å². The number of morpholine rings is 1. The molecule has 1 aromatic carbocycles. The predicted molar refractivity (Wildman–Crippen MR) is 74.2 cm³/mol. The van der Waals surface area contributed by atoms with E-state index in [1.54, 1.807) is 4.90 Å². The molecule has 0 radical (unpaired) electrons. The van der Waals surface area contributed by atoms with Gasteiger partial charge in [-0.2, -0.15) is 0 Å². The van der Waals surface area contributed by atoms with Crippen molar-refractivity contribution in [3.05, 3.63) is 29.8 Å². The molecule has 0 saturated carbocycles. The number of carbonyl (C=O) groups excluding carboxylic acids is 1. The van der Waals surface area contributed by atoms with Gasteiger partial charge in [0.05, 0.1) is 24.2 Å². The Hall–Kier alpha value is -1.44. The zero-order valence-electron chi connectivity index (χ0n) is 11.3. The lowest BCUT2D eigenvalue weighted by atomic mass is 10.1. The first-order valence-corrected chi connectivity index (χ1v) is 8.21. The maximum atomic E-state index is 12.4. The lowest BCUT2D eigenvalue weighted by Crippen LogP contribution is -2.52. The Labute approximate surface area is 118 Å². The van der Waals surface area contributed by atoms with Crippen molar-refractivity contribution in [1.82, 2.24) is 4.90 Å². The number of rotatable bonds is 3. The summed E-state index contributed by atoms with van der Waals surface area (Å²) < 4.78 is 28.1. The number of benzene rings is 1. The van der Waals surface area contributed by atoms with E-state index < -0.39 is 9.84 Å². The summed E-state index contributed by atoms with van der Waals surface area (Å²) in [5.41, 5.74) is 6.09. The minimum absolute atomic E-state index is 0.133. The lowest BCUT2D eigenvalue weighted by molar-refractivity contribution is 0.000836. The molecule has 1 fully saturated rings. The van der Waals surface area contributed by atoms with Crippen LogP contribution in [0.2, 0.25) is 0 Å². The summed E-state index contributed by atoms with van der Waals surface area (Å²) in [6.45, 7) is 1.76. The molecule has 0 spiro atoms. The molecule has 2 rings (SSSR count). The van der Waals surface area contributed by atoms with Crippen LogP contribution in [0.3, 0.4) is 0 Å². The standard InChI is InChI=1S/C13H18N2O4S/c1-20(17,18)12-4-2-10(3-5-12)13(16)15-6-7-19-9-11(15)8-14/h2-5,11H,6-9,14H2,1H3. The van der Waals surface area contributed by atoms with Gasteiger partial charge in [0.1, 0.15) is 0 Å². The van der Waals surface area contributed by atoms with Crippen LogP contribution in [-0.2, 0) is 14.6 Å². The van der Waals surface area contributed by atoms with Gasteiger partial charge in [0.25, 0.3) is 5.91 Å². The van der Waals surface area contributed by atoms with Gasteiger partial charge in [-0.05, 0) is 24.3 Å². The molecule has 1 atom stereocenters. The number of hydrogen-bond acceptors (Lipinski definition) is 5.